The summed E-state index contributed by atoms with van der Waals surface area (Å²) in [7, 11) is 0. The fourth-order valence-corrected chi connectivity index (χ4v) is 2.71. The molecule has 0 unspecified atom stereocenters. The van der Waals surface area contributed by atoms with Crippen molar-refractivity contribution in [3.63, 3.8) is 0 Å². The van der Waals surface area contributed by atoms with Crippen molar-refractivity contribution in [1.82, 2.24) is 14.9 Å². The molecule has 6 heteroatoms. The molecule has 4 nitrogen and oxygen atoms in total. The van der Waals surface area contributed by atoms with Gasteiger partial charge in [-0.1, -0.05) is 6.07 Å². The van der Waals surface area contributed by atoms with Crippen molar-refractivity contribution in [2.75, 3.05) is 6.54 Å². The second-order valence-electron chi connectivity index (χ2n) is 5.09. The van der Waals surface area contributed by atoms with Crippen molar-refractivity contribution in [2.45, 2.75) is 25.1 Å². The molecule has 0 aliphatic carbocycles. The molecule has 2 atom stereocenters. The predicted molar refractivity (Wildman–Crippen MR) is 68.7 cm³/mol. The molecule has 1 fully saturated rings. The van der Waals surface area contributed by atoms with Gasteiger partial charge in [-0.05, 0) is 24.1 Å². The van der Waals surface area contributed by atoms with Crippen LogP contribution in [0.15, 0.2) is 30.7 Å². The number of aliphatic hydroxyl groups excluding tert-OH is 1. The van der Waals surface area contributed by atoms with Gasteiger partial charge in [0.25, 0.3) is 0 Å². The molecule has 1 aliphatic rings. The van der Waals surface area contributed by atoms with E-state index in [-0.39, 0.29) is 6.04 Å². The summed E-state index contributed by atoms with van der Waals surface area (Å²) in [5.41, 5.74) is 1.60. The van der Waals surface area contributed by atoms with Crippen LogP contribution in [-0.4, -0.2) is 32.6 Å². The minimum Gasteiger partial charge on any atom is -0.392 e. The van der Waals surface area contributed by atoms with Crippen LogP contribution in [0.25, 0.3) is 0 Å². The SMILES string of the molecule is O[C@@H]1C[C@@H](c2ccc(F)c(F)c2)N(Cc2cnc[nH]2)C1. The van der Waals surface area contributed by atoms with Crippen LogP contribution < -0.4 is 0 Å². The number of hydrogen-bond donors (Lipinski definition) is 2. The zero-order valence-corrected chi connectivity index (χ0v) is 10.8. The quantitative estimate of drug-likeness (QED) is 0.903. The van der Waals surface area contributed by atoms with Crippen molar-refractivity contribution in [2.24, 2.45) is 0 Å². The Bertz CT molecular complexity index is 588. The Kier molecular flexibility index (Phi) is 3.50. The van der Waals surface area contributed by atoms with Crippen molar-refractivity contribution in [3.8, 4) is 0 Å². The summed E-state index contributed by atoms with van der Waals surface area (Å²) < 4.78 is 26.4. The van der Waals surface area contributed by atoms with E-state index in [1.165, 1.54) is 6.07 Å². The first-order valence-electron chi connectivity index (χ1n) is 6.48. The number of halogens is 2. The Hall–Kier alpha value is -1.79. The van der Waals surface area contributed by atoms with Gasteiger partial charge in [-0.25, -0.2) is 13.8 Å². The van der Waals surface area contributed by atoms with Crippen LogP contribution in [-0.2, 0) is 6.54 Å². The first-order valence-corrected chi connectivity index (χ1v) is 6.48. The lowest BCUT2D eigenvalue weighted by molar-refractivity contribution is 0.172. The Balaban J connectivity index is 1.83. The van der Waals surface area contributed by atoms with Gasteiger partial charge in [-0.3, -0.25) is 4.90 Å². The third-order valence-corrected chi connectivity index (χ3v) is 3.64. The van der Waals surface area contributed by atoms with E-state index in [0.29, 0.717) is 25.1 Å². The highest BCUT2D eigenvalue weighted by atomic mass is 19.2. The van der Waals surface area contributed by atoms with Crippen molar-refractivity contribution >= 4 is 0 Å². The summed E-state index contributed by atoms with van der Waals surface area (Å²) in [6, 6.07) is 3.78. The van der Waals surface area contributed by atoms with E-state index >= 15 is 0 Å². The number of benzene rings is 1. The number of rotatable bonds is 3. The molecule has 2 heterocycles. The zero-order valence-electron chi connectivity index (χ0n) is 10.8. The van der Waals surface area contributed by atoms with Crippen LogP contribution >= 0.6 is 0 Å². The Labute approximate surface area is 115 Å². The zero-order chi connectivity index (χ0) is 14.1. The third kappa shape index (κ3) is 2.57. The molecule has 3 rings (SSSR count). The molecule has 2 aromatic rings. The second kappa shape index (κ2) is 5.30. The number of nitrogens with zero attached hydrogens (tertiary/aromatic N) is 2. The normalized spacial score (nSPS) is 23.4. The molecule has 2 N–H and O–H groups in total. The molecule has 1 aromatic carbocycles. The molecule has 0 radical (unpaired) electrons. The van der Waals surface area contributed by atoms with Gasteiger partial charge in [0.05, 0.1) is 12.4 Å². The summed E-state index contributed by atoms with van der Waals surface area (Å²) in [5.74, 6) is -1.71. The maximum absolute atomic E-state index is 13.4. The molecule has 20 heavy (non-hydrogen) atoms. The summed E-state index contributed by atoms with van der Waals surface area (Å²) in [5, 5.41) is 9.85. The lowest BCUT2D eigenvalue weighted by Crippen LogP contribution is -2.24. The van der Waals surface area contributed by atoms with Gasteiger partial charge in [0, 0.05) is 31.0 Å². The second-order valence-corrected chi connectivity index (χ2v) is 5.09. The number of likely N-dealkylation sites (tertiary alicyclic amines) is 1. The Morgan fingerprint density at radius 3 is 2.90 bits per heavy atom. The summed E-state index contributed by atoms with van der Waals surface area (Å²) in [6.45, 7) is 1.09. The molecule has 0 saturated carbocycles. The molecule has 0 bridgehead atoms. The maximum atomic E-state index is 13.4. The number of aromatic nitrogens is 2. The fraction of sp³-hybridized carbons (Fsp3) is 0.357. The van der Waals surface area contributed by atoms with Gasteiger partial charge in [0.15, 0.2) is 11.6 Å². The van der Waals surface area contributed by atoms with Crippen molar-refractivity contribution in [3.05, 3.63) is 53.6 Å². The standard InChI is InChI=1S/C14H15F2N3O/c15-12-2-1-9(3-13(12)16)14-4-11(20)7-19(14)6-10-5-17-8-18-10/h1-3,5,8,11,14,20H,4,6-7H2,(H,17,18)/t11-,14+/m1/s1. The predicted octanol–water partition coefficient (Wildman–Crippen LogP) is 2.00. The molecule has 1 saturated heterocycles. The van der Waals surface area contributed by atoms with Crippen LogP contribution in [0.2, 0.25) is 0 Å². The van der Waals surface area contributed by atoms with E-state index in [2.05, 4.69) is 9.97 Å². The average Bonchev–Trinajstić information content (AvgIpc) is 3.03. The molecule has 1 aromatic heterocycles. The number of aromatic amines is 1. The molecule has 0 amide bonds. The van der Waals surface area contributed by atoms with Crippen LogP contribution in [0.1, 0.15) is 23.7 Å². The largest absolute Gasteiger partial charge is 0.392 e. The molecule has 1 aliphatic heterocycles. The highest BCUT2D eigenvalue weighted by molar-refractivity contribution is 5.23. The number of β-amino-alcohol motifs (C(OH)–C–C–N with tert-alkyl or cyclic N) is 1. The van der Waals surface area contributed by atoms with E-state index < -0.39 is 17.7 Å². The van der Waals surface area contributed by atoms with Gasteiger partial charge in [0.1, 0.15) is 0 Å². The highest BCUT2D eigenvalue weighted by Gasteiger charge is 2.32. The van der Waals surface area contributed by atoms with Gasteiger partial charge in [-0.2, -0.15) is 0 Å². The lowest BCUT2D eigenvalue weighted by Gasteiger charge is -2.23. The first-order chi connectivity index (χ1) is 9.63. The number of hydrogen-bond acceptors (Lipinski definition) is 3. The Morgan fingerprint density at radius 2 is 2.20 bits per heavy atom. The van der Waals surface area contributed by atoms with Crippen molar-refractivity contribution in [1.29, 1.82) is 0 Å². The third-order valence-electron chi connectivity index (χ3n) is 3.64. The van der Waals surface area contributed by atoms with Gasteiger partial charge >= 0.3 is 0 Å². The fourth-order valence-electron chi connectivity index (χ4n) is 2.71. The number of aliphatic hydroxyl groups is 1. The van der Waals surface area contributed by atoms with E-state index in [4.69, 9.17) is 0 Å². The summed E-state index contributed by atoms with van der Waals surface area (Å²) in [4.78, 5) is 8.99. The van der Waals surface area contributed by atoms with Crippen molar-refractivity contribution < 1.29 is 13.9 Å². The minimum absolute atomic E-state index is 0.122. The van der Waals surface area contributed by atoms with Gasteiger partial charge < -0.3 is 10.1 Å². The number of nitrogens with one attached hydrogen (secondary N) is 1. The first kappa shape index (κ1) is 13.2. The summed E-state index contributed by atoms with van der Waals surface area (Å²) >= 11 is 0. The maximum Gasteiger partial charge on any atom is 0.159 e. The topological polar surface area (TPSA) is 52.1 Å². The van der Waals surface area contributed by atoms with E-state index in [1.54, 1.807) is 18.6 Å². The minimum atomic E-state index is -0.856. The molecular formula is C14H15F2N3O. The van der Waals surface area contributed by atoms with Crippen LogP contribution in [0.5, 0.6) is 0 Å². The average molecular weight is 279 g/mol. The van der Waals surface area contributed by atoms with E-state index in [1.807, 2.05) is 4.90 Å². The molecule has 0 spiro atoms. The Morgan fingerprint density at radius 1 is 1.35 bits per heavy atom. The van der Waals surface area contributed by atoms with Gasteiger partial charge in [-0.15, -0.1) is 0 Å². The van der Waals surface area contributed by atoms with E-state index in [0.717, 1.165) is 11.8 Å². The summed E-state index contributed by atoms with van der Waals surface area (Å²) in [6.07, 6.45) is 3.36. The molecular weight excluding hydrogens is 264 g/mol. The smallest absolute Gasteiger partial charge is 0.159 e. The monoisotopic (exact) mass is 279 g/mol. The number of H-pyrrole nitrogens is 1. The highest BCUT2D eigenvalue weighted by Crippen LogP contribution is 2.33. The van der Waals surface area contributed by atoms with E-state index in [9.17, 15) is 13.9 Å². The number of imidazole rings is 1. The lowest BCUT2D eigenvalue weighted by atomic mass is 10.0. The molecule has 106 valence electrons. The van der Waals surface area contributed by atoms with Gasteiger partial charge in [0.2, 0.25) is 0 Å². The van der Waals surface area contributed by atoms with Crippen LogP contribution in [0.4, 0.5) is 8.78 Å². The van der Waals surface area contributed by atoms with Crippen LogP contribution in [0, 0.1) is 11.6 Å². The van der Waals surface area contributed by atoms with Crippen LogP contribution in [0.3, 0.4) is 0 Å².